The summed E-state index contributed by atoms with van der Waals surface area (Å²) in [5.74, 6) is -0.146. The molecule has 1 atom stereocenters. The summed E-state index contributed by atoms with van der Waals surface area (Å²) in [6.45, 7) is 1.16. The summed E-state index contributed by atoms with van der Waals surface area (Å²) in [6, 6.07) is 13.0. The summed E-state index contributed by atoms with van der Waals surface area (Å²) < 4.78 is 15.5. The minimum absolute atomic E-state index is 0.0131. The molecule has 1 aliphatic carbocycles. The maximum atomic E-state index is 13.8. The number of nitrogens with zero attached hydrogens (tertiary/aromatic N) is 3. The molecule has 5 nitrogen and oxygen atoms in total. The van der Waals surface area contributed by atoms with Crippen molar-refractivity contribution in [2.45, 2.75) is 38.3 Å². The third-order valence-electron chi connectivity index (χ3n) is 5.88. The highest BCUT2D eigenvalue weighted by Crippen LogP contribution is 2.33. The molecule has 4 aromatic rings. The molecule has 0 saturated heterocycles. The summed E-state index contributed by atoms with van der Waals surface area (Å²) in [7, 11) is 0. The molecule has 0 amide bonds. The summed E-state index contributed by atoms with van der Waals surface area (Å²) in [4.78, 5) is 24.1. The highest BCUT2D eigenvalue weighted by molar-refractivity contribution is 7.18. The van der Waals surface area contributed by atoms with Crippen LogP contribution in [0.15, 0.2) is 59.8 Å². The van der Waals surface area contributed by atoms with Crippen LogP contribution in [0.5, 0.6) is 0 Å². The predicted octanol–water partition coefficient (Wildman–Crippen LogP) is 3.73. The number of aryl methyl sites for hydroxylation is 1. The Morgan fingerprint density at radius 2 is 2.03 bits per heavy atom. The molecule has 1 N–H and O–H groups in total. The molecule has 0 spiro atoms. The molecule has 5 rings (SSSR count). The van der Waals surface area contributed by atoms with Gasteiger partial charge in [-0.2, -0.15) is 0 Å². The van der Waals surface area contributed by atoms with E-state index in [1.54, 1.807) is 34.5 Å². The summed E-state index contributed by atoms with van der Waals surface area (Å²) in [5, 5.41) is 4.34. The maximum absolute atomic E-state index is 13.8. The van der Waals surface area contributed by atoms with Crippen LogP contribution in [0.3, 0.4) is 0 Å². The van der Waals surface area contributed by atoms with E-state index in [9.17, 15) is 9.18 Å². The van der Waals surface area contributed by atoms with Gasteiger partial charge in [-0.15, -0.1) is 11.3 Å². The molecule has 0 aliphatic heterocycles. The average molecular weight is 435 g/mol. The minimum Gasteiger partial charge on any atom is -0.313 e. The molecule has 3 heterocycles. The topological polar surface area (TPSA) is 59.8 Å². The highest BCUT2D eigenvalue weighted by Gasteiger charge is 2.25. The smallest absolute Gasteiger partial charge is 0.262 e. The second-order valence-electron chi connectivity index (χ2n) is 7.92. The number of nitrogens with one attached hydrogen (secondary N) is 1. The number of pyridine rings is 1. The van der Waals surface area contributed by atoms with Gasteiger partial charge < -0.3 is 5.32 Å². The van der Waals surface area contributed by atoms with Gasteiger partial charge in [0.1, 0.15) is 10.6 Å². The van der Waals surface area contributed by atoms with Crippen LogP contribution in [0, 0.1) is 5.82 Å². The molecular formula is C24H23FN4OS. The first-order valence-electron chi connectivity index (χ1n) is 10.6. The molecular weight excluding hydrogens is 411 g/mol. The fourth-order valence-corrected chi connectivity index (χ4v) is 5.52. The fourth-order valence-electron chi connectivity index (χ4n) is 4.27. The van der Waals surface area contributed by atoms with Gasteiger partial charge in [-0.05, 0) is 61.6 Å². The van der Waals surface area contributed by atoms with Gasteiger partial charge >= 0.3 is 0 Å². The number of hydrogen-bond acceptors (Lipinski definition) is 5. The van der Waals surface area contributed by atoms with Crippen molar-refractivity contribution in [1.29, 1.82) is 0 Å². The molecule has 0 unspecified atom stereocenters. The Hall–Kier alpha value is -2.90. The van der Waals surface area contributed by atoms with Gasteiger partial charge in [0.15, 0.2) is 0 Å². The van der Waals surface area contributed by atoms with Gasteiger partial charge in [0.2, 0.25) is 0 Å². The van der Waals surface area contributed by atoms with E-state index >= 15 is 0 Å². The van der Waals surface area contributed by atoms with E-state index < -0.39 is 0 Å². The number of thiophene rings is 1. The van der Waals surface area contributed by atoms with E-state index in [1.807, 2.05) is 30.3 Å². The average Bonchev–Trinajstić information content (AvgIpc) is 3.16. The van der Waals surface area contributed by atoms with Gasteiger partial charge in [-0.3, -0.25) is 14.3 Å². The lowest BCUT2D eigenvalue weighted by molar-refractivity contribution is 0.464. The Bertz CT molecular complexity index is 1270. The van der Waals surface area contributed by atoms with Crippen LogP contribution < -0.4 is 10.9 Å². The summed E-state index contributed by atoms with van der Waals surface area (Å²) in [6.07, 6.45) is 6.74. The maximum Gasteiger partial charge on any atom is 0.262 e. The normalized spacial score (nSPS) is 15.8. The SMILES string of the molecule is O=c1c2c3c(sc2ncn1Cc1ccccn1)C[C@@H](NCCc1ccccc1F)CC3. The van der Waals surface area contributed by atoms with Crippen LogP contribution in [0.2, 0.25) is 0 Å². The Morgan fingerprint density at radius 1 is 1.16 bits per heavy atom. The number of hydrogen-bond donors (Lipinski definition) is 1. The molecule has 0 saturated carbocycles. The van der Waals surface area contributed by atoms with Crippen LogP contribution in [-0.4, -0.2) is 27.1 Å². The summed E-state index contributed by atoms with van der Waals surface area (Å²) in [5.41, 5.74) is 2.75. The Balaban J connectivity index is 1.31. The lowest BCUT2D eigenvalue weighted by Gasteiger charge is -2.23. The Labute approximate surface area is 183 Å². The van der Waals surface area contributed by atoms with Gasteiger partial charge in [0.25, 0.3) is 5.56 Å². The van der Waals surface area contributed by atoms with Crippen LogP contribution in [0.25, 0.3) is 10.2 Å². The first-order valence-corrected chi connectivity index (χ1v) is 11.4. The number of fused-ring (bicyclic) bond motifs is 3. The Morgan fingerprint density at radius 3 is 2.87 bits per heavy atom. The molecule has 31 heavy (non-hydrogen) atoms. The van der Waals surface area contributed by atoms with Crippen molar-refractivity contribution in [2.75, 3.05) is 6.54 Å². The minimum atomic E-state index is -0.146. The molecule has 1 aromatic carbocycles. The zero-order valence-corrected chi connectivity index (χ0v) is 17.9. The van der Waals surface area contributed by atoms with Crippen molar-refractivity contribution in [1.82, 2.24) is 19.9 Å². The number of halogens is 1. The molecule has 1 aliphatic rings. The van der Waals surface area contributed by atoms with Crippen LogP contribution >= 0.6 is 11.3 Å². The standard InChI is InChI=1S/C24H23FN4OS/c25-20-7-2-1-5-16(20)10-12-27-17-8-9-19-21(13-17)31-23-22(19)24(30)29(15-28-23)14-18-6-3-4-11-26-18/h1-7,11,15,17,27H,8-10,12-14H2/t17-/m0/s1. The van der Waals surface area contributed by atoms with E-state index in [2.05, 4.69) is 15.3 Å². The largest absolute Gasteiger partial charge is 0.313 e. The van der Waals surface area contributed by atoms with Gasteiger partial charge in [0, 0.05) is 17.1 Å². The van der Waals surface area contributed by atoms with Crippen LogP contribution in [0.1, 0.15) is 28.1 Å². The van der Waals surface area contributed by atoms with E-state index in [0.29, 0.717) is 19.0 Å². The molecule has 158 valence electrons. The third-order valence-corrected chi connectivity index (χ3v) is 7.04. The summed E-state index contributed by atoms with van der Waals surface area (Å²) >= 11 is 1.62. The number of rotatable bonds is 6. The monoisotopic (exact) mass is 434 g/mol. The number of benzene rings is 1. The van der Waals surface area contributed by atoms with E-state index in [1.165, 1.54) is 10.9 Å². The molecule has 0 fully saturated rings. The van der Waals surface area contributed by atoms with Crippen molar-refractivity contribution in [3.63, 3.8) is 0 Å². The Kier molecular flexibility index (Phi) is 5.61. The van der Waals surface area contributed by atoms with E-state index in [0.717, 1.165) is 52.8 Å². The fraction of sp³-hybridized carbons (Fsp3) is 0.292. The molecule has 0 bridgehead atoms. The van der Waals surface area contributed by atoms with Crippen molar-refractivity contribution in [3.8, 4) is 0 Å². The lowest BCUT2D eigenvalue weighted by Crippen LogP contribution is -2.35. The van der Waals surface area contributed by atoms with Crippen molar-refractivity contribution < 1.29 is 4.39 Å². The number of aromatic nitrogens is 3. The molecule has 0 radical (unpaired) electrons. The van der Waals surface area contributed by atoms with E-state index in [-0.39, 0.29) is 11.4 Å². The highest BCUT2D eigenvalue weighted by atomic mass is 32.1. The second kappa shape index (κ2) is 8.69. The third kappa shape index (κ3) is 4.16. The first kappa shape index (κ1) is 20.0. The van der Waals surface area contributed by atoms with E-state index in [4.69, 9.17) is 0 Å². The van der Waals surface area contributed by atoms with Crippen LogP contribution in [-0.2, 0) is 25.8 Å². The zero-order chi connectivity index (χ0) is 21.2. The van der Waals surface area contributed by atoms with Gasteiger partial charge in [0.05, 0.1) is 24.0 Å². The van der Waals surface area contributed by atoms with Gasteiger partial charge in [-0.25, -0.2) is 9.37 Å². The molecule has 3 aromatic heterocycles. The second-order valence-corrected chi connectivity index (χ2v) is 9.00. The molecule has 7 heteroatoms. The van der Waals surface area contributed by atoms with Crippen molar-refractivity contribution in [3.05, 3.63) is 92.9 Å². The van der Waals surface area contributed by atoms with Crippen LogP contribution in [0.4, 0.5) is 4.39 Å². The zero-order valence-electron chi connectivity index (χ0n) is 17.1. The predicted molar refractivity (Wildman–Crippen MR) is 121 cm³/mol. The quantitative estimate of drug-likeness (QED) is 0.502. The van der Waals surface area contributed by atoms with Crippen molar-refractivity contribution >= 4 is 21.6 Å². The lowest BCUT2D eigenvalue weighted by atomic mass is 9.93. The van der Waals surface area contributed by atoms with Gasteiger partial charge in [-0.1, -0.05) is 24.3 Å². The van der Waals surface area contributed by atoms with Crippen molar-refractivity contribution in [2.24, 2.45) is 0 Å². The first-order chi connectivity index (χ1) is 15.2.